The van der Waals surface area contributed by atoms with E-state index in [0.29, 0.717) is 0 Å². The average molecular weight is 294 g/mol. The molecule has 0 bridgehead atoms. The Morgan fingerprint density at radius 1 is 1.14 bits per heavy atom. The summed E-state index contributed by atoms with van der Waals surface area (Å²) >= 11 is 0. The monoisotopic (exact) mass is 294 g/mol. The minimum Gasteiger partial charge on any atom is -0.497 e. The normalized spacial score (nSPS) is 13.4. The number of carbonyl (C=O) groups excluding carboxylic acids is 2. The Kier molecular flexibility index (Phi) is 6.17. The highest BCUT2D eigenvalue weighted by molar-refractivity contribution is 5.88. The first-order valence-electron chi connectivity index (χ1n) is 6.59. The summed E-state index contributed by atoms with van der Waals surface area (Å²) in [6.07, 6.45) is 0. The molecule has 0 unspecified atom stereocenters. The second-order valence-electron chi connectivity index (χ2n) is 4.89. The van der Waals surface area contributed by atoms with Gasteiger partial charge in [0, 0.05) is 0 Å². The maximum absolute atomic E-state index is 12.4. The molecule has 6 heteroatoms. The third-order valence-corrected chi connectivity index (χ3v) is 3.11. The predicted molar refractivity (Wildman–Crippen MR) is 79.0 cm³/mol. The molecule has 1 N–H and O–H groups in total. The van der Waals surface area contributed by atoms with Crippen LogP contribution in [0.25, 0.3) is 0 Å². The lowest BCUT2D eigenvalue weighted by molar-refractivity contribution is -0.145. The Balaban J connectivity index is 2.90. The number of carbonyl (C=O) groups is 2. The Morgan fingerprint density at radius 2 is 1.71 bits per heavy atom. The Bertz CT molecular complexity index is 485. The third-order valence-electron chi connectivity index (χ3n) is 3.11. The van der Waals surface area contributed by atoms with Crippen molar-refractivity contribution in [3.8, 4) is 5.75 Å². The van der Waals surface area contributed by atoms with E-state index in [1.54, 1.807) is 45.2 Å². The van der Waals surface area contributed by atoms with Crippen LogP contribution in [-0.4, -0.2) is 51.1 Å². The predicted octanol–water partition coefficient (Wildman–Crippen LogP) is 0.976. The van der Waals surface area contributed by atoms with Crippen LogP contribution in [-0.2, 0) is 14.3 Å². The number of hydrogen-bond acceptors (Lipinski definition) is 5. The smallest absolute Gasteiger partial charge is 0.328 e. The maximum atomic E-state index is 12.4. The Labute approximate surface area is 125 Å². The quantitative estimate of drug-likeness (QED) is 0.792. The molecular weight excluding hydrogens is 272 g/mol. The first-order valence-corrected chi connectivity index (χ1v) is 6.59. The van der Waals surface area contributed by atoms with Gasteiger partial charge in [-0.15, -0.1) is 0 Å². The Morgan fingerprint density at radius 3 is 2.14 bits per heavy atom. The van der Waals surface area contributed by atoms with E-state index < -0.39 is 18.1 Å². The van der Waals surface area contributed by atoms with E-state index in [2.05, 4.69) is 10.1 Å². The van der Waals surface area contributed by atoms with Gasteiger partial charge in [0.2, 0.25) is 5.91 Å². The van der Waals surface area contributed by atoms with Gasteiger partial charge in [0.1, 0.15) is 17.8 Å². The highest BCUT2D eigenvalue weighted by Gasteiger charge is 2.26. The first-order chi connectivity index (χ1) is 9.90. The fourth-order valence-electron chi connectivity index (χ4n) is 2.00. The molecule has 1 aromatic rings. The zero-order valence-corrected chi connectivity index (χ0v) is 13.0. The number of benzene rings is 1. The minimum absolute atomic E-state index is 0.261. The molecule has 0 saturated carbocycles. The summed E-state index contributed by atoms with van der Waals surface area (Å²) in [6.45, 7) is 1.59. The summed E-state index contributed by atoms with van der Waals surface area (Å²) < 4.78 is 9.71. The van der Waals surface area contributed by atoms with Crippen molar-refractivity contribution in [2.45, 2.75) is 19.0 Å². The van der Waals surface area contributed by atoms with Crippen molar-refractivity contribution in [2.24, 2.45) is 0 Å². The SMILES string of the molecule is COC(=O)[C@H](C)NC(=O)[C@H](c1ccc(OC)cc1)N(C)C. The first kappa shape index (κ1) is 17.0. The summed E-state index contributed by atoms with van der Waals surface area (Å²) in [6, 6.07) is 6.05. The number of rotatable bonds is 6. The lowest BCUT2D eigenvalue weighted by atomic mass is 10.0. The van der Waals surface area contributed by atoms with Gasteiger partial charge < -0.3 is 14.8 Å². The molecule has 0 aromatic heterocycles. The molecule has 1 amide bonds. The number of amides is 1. The number of ether oxygens (including phenoxy) is 2. The van der Waals surface area contributed by atoms with Crippen molar-refractivity contribution in [1.82, 2.24) is 10.2 Å². The van der Waals surface area contributed by atoms with Crippen LogP contribution in [0.5, 0.6) is 5.75 Å². The lowest BCUT2D eigenvalue weighted by Gasteiger charge is -2.25. The van der Waals surface area contributed by atoms with Gasteiger partial charge in [-0.2, -0.15) is 0 Å². The molecule has 0 saturated heterocycles. The van der Waals surface area contributed by atoms with Crippen molar-refractivity contribution in [1.29, 1.82) is 0 Å². The molecule has 116 valence electrons. The third kappa shape index (κ3) is 4.46. The average Bonchev–Trinajstić information content (AvgIpc) is 2.46. The minimum atomic E-state index is -0.691. The molecule has 0 radical (unpaired) electrons. The van der Waals surface area contributed by atoms with Gasteiger partial charge in [0.05, 0.1) is 14.2 Å². The van der Waals surface area contributed by atoms with Gasteiger partial charge in [-0.1, -0.05) is 12.1 Å². The van der Waals surface area contributed by atoms with E-state index in [-0.39, 0.29) is 5.91 Å². The van der Waals surface area contributed by atoms with Crippen LogP contribution in [0, 0.1) is 0 Å². The van der Waals surface area contributed by atoms with Gasteiger partial charge in [-0.25, -0.2) is 4.79 Å². The molecule has 2 atom stereocenters. The van der Waals surface area contributed by atoms with E-state index in [0.717, 1.165) is 11.3 Å². The number of likely N-dealkylation sites (N-methyl/N-ethyl adjacent to an activating group) is 1. The van der Waals surface area contributed by atoms with Gasteiger partial charge in [-0.3, -0.25) is 9.69 Å². The fourth-order valence-corrected chi connectivity index (χ4v) is 2.00. The van der Waals surface area contributed by atoms with Crippen LogP contribution in [0.4, 0.5) is 0 Å². The number of esters is 1. The number of methoxy groups -OCH3 is 2. The number of nitrogens with zero attached hydrogens (tertiary/aromatic N) is 1. The molecule has 0 aliphatic carbocycles. The van der Waals surface area contributed by atoms with Crippen LogP contribution in [0.1, 0.15) is 18.5 Å². The summed E-state index contributed by atoms with van der Waals surface area (Å²) in [5.74, 6) is -0.0155. The topological polar surface area (TPSA) is 67.9 Å². The van der Waals surface area contributed by atoms with Crippen LogP contribution in [0.15, 0.2) is 24.3 Å². The standard InChI is InChI=1S/C15H22N2O4/c1-10(15(19)21-5)16-14(18)13(17(2)3)11-6-8-12(20-4)9-7-11/h6-10,13H,1-5H3,(H,16,18)/t10-,13-/m0/s1. The Hall–Kier alpha value is -2.08. The van der Waals surface area contributed by atoms with E-state index in [1.807, 2.05) is 12.1 Å². The molecular formula is C15H22N2O4. The van der Waals surface area contributed by atoms with Crippen molar-refractivity contribution in [2.75, 3.05) is 28.3 Å². The summed E-state index contributed by atoms with van der Waals surface area (Å²) in [5.41, 5.74) is 0.815. The van der Waals surface area contributed by atoms with Crippen molar-refractivity contribution >= 4 is 11.9 Å². The number of hydrogen-bond donors (Lipinski definition) is 1. The lowest BCUT2D eigenvalue weighted by Crippen LogP contribution is -2.44. The van der Waals surface area contributed by atoms with Gasteiger partial charge in [-0.05, 0) is 38.7 Å². The van der Waals surface area contributed by atoms with E-state index in [9.17, 15) is 9.59 Å². The van der Waals surface area contributed by atoms with Crippen molar-refractivity contribution in [3.05, 3.63) is 29.8 Å². The van der Waals surface area contributed by atoms with Crippen LogP contribution < -0.4 is 10.1 Å². The van der Waals surface area contributed by atoms with Gasteiger partial charge in [0.15, 0.2) is 0 Å². The van der Waals surface area contributed by atoms with Crippen molar-refractivity contribution in [3.63, 3.8) is 0 Å². The molecule has 0 aliphatic heterocycles. The van der Waals surface area contributed by atoms with Crippen LogP contribution in [0.2, 0.25) is 0 Å². The second-order valence-corrected chi connectivity index (χ2v) is 4.89. The summed E-state index contributed by atoms with van der Waals surface area (Å²) in [7, 11) is 6.48. The highest BCUT2D eigenvalue weighted by Crippen LogP contribution is 2.21. The van der Waals surface area contributed by atoms with E-state index in [1.165, 1.54) is 7.11 Å². The second kappa shape index (κ2) is 7.64. The zero-order valence-electron chi connectivity index (χ0n) is 13.0. The summed E-state index contributed by atoms with van der Waals surface area (Å²) in [5, 5.41) is 2.65. The van der Waals surface area contributed by atoms with Crippen LogP contribution in [0.3, 0.4) is 0 Å². The zero-order chi connectivity index (χ0) is 16.0. The number of nitrogens with one attached hydrogen (secondary N) is 1. The van der Waals surface area contributed by atoms with Gasteiger partial charge in [0.25, 0.3) is 0 Å². The van der Waals surface area contributed by atoms with E-state index in [4.69, 9.17) is 4.74 Å². The molecule has 1 rings (SSSR count). The molecule has 1 aromatic carbocycles. The molecule has 0 spiro atoms. The van der Waals surface area contributed by atoms with Crippen molar-refractivity contribution < 1.29 is 19.1 Å². The molecule has 21 heavy (non-hydrogen) atoms. The fraction of sp³-hybridized carbons (Fsp3) is 0.467. The largest absolute Gasteiger partial charge is 0.497 e. The summed E-state index contributed by atoms with van der Waals surface area (Å²) in [4.78, 5) is 25.6. The van der Waals surface area contributed by atoms with E-state index >= 15 is 0 Å². The molecule has 0 aliphatic rings. The van der Waals surface area contributed by atoms with Crippen LogP contribution >= 0.6 is 0 Å². The molecule has 0 fully saturated rings. The van der Waals surface area contributed by atoms with Gasteiger partial charge >= 0.3 is 5.97 Å². The maximum Gasteiger partial charge on any atom is 0.328 e. The molecule has 0 heterocycles. The molecule has 6 nitrogen and oxygen atoms in total. The highest BCUT2D eigenvalue weighted by atomic mass is 16.5.